The molecule has 1 unspecified atom stereocenters. The molecule has 1 fully saturated rings. The second-order valence-electron chi connectivity index (χ2n) is 5.10. The van der Waals surface area contributed by atoms with E-state index in [2.05, 4.69) is 25.2 Å². The van der Waals surface area contributed by atoms with Crippen LogP contribution < -0.4 is 5.32 Å². The monoisotopic (exact) mass is 319 g/mol. The molecule has 1 saturated heterocycles. The first-order valence-corrected chi connectivity index (χ1v) is 7.57. The summed E-state index contributed by atoms with van der Waals surface area (Å²) < 4.78 is 5.87. The van der Waals surface area contributed by atoms with Crippen LogP contribution in [0, 0.1) is 0 Å². The minimum atomic E-state index is -0.0859. The standard InChI is InChI=1S/C15H18ClN5O/c1-17-15-14(18-4-5-19-15)13-10-21(6-7-22-13)9-12-3-2-11(16)8-20-12/h2-5,8,13H,6-7,9-10H2,1H3,(H,17,19). The van der Waals surface area contributed by atoms with Crippen LogP contribution in [-0.4, -0.2) is 46.6 Å². The number of halogens is 1. The molecular weight excluding hydrogens is 302 g/mol. The average molecular weight is 320 g/mol. The molecule has 1 N–H and O–H groups in total. The van der Waals surface area contributed by atoms with E-state index in [0.717, 1.165) is 36.8 Å². The number of nitrogens with one attached hydrogen (secondary N) is 1. The molecule has 0 saturated carbocycles. The van der Waals surface area contributed by atoms with Gasteiger partial charge >= 0.3 is 0 Å². The van der Waals surface area contributed by atoms with Crippen LogP contribution >= 0.6 is 11.6 Å². The van der Waals surface area contributed by atoms with E-state index in [9.17, 15) is 0 Å². The lowest BCUT2D eigenvalue weighted by Gasteiger charge is -2.32. The summed E-state index contributed by atoms with van der Waals surface area (Å²) in [5.74, 6) is 0.763. The molecule has 22 heavy (non-hydrogen) atoms. The maximum Gasteiger partial charge on any atom is 0.150 e. The summed E-state index contributed by atoms with van der Waals surface area (Å²) in [6, 6.07) is 3.82. The maximum absolute atomic E-state index is 5.87. The Morgan fingerprint density at radius 3 is 2.95 bits per heavy atom. The van der Waals surface area contributed by atoms with E-state index < -0.39 is 0 Å². The molecule has 0 aromatic carbocycles. The van der Waals surface area contributed by atoms with Crippen molar-refractivity contribution in [1.82, 2.24) is 19.9 Å². The summed E-state index contributed by atoms with van der Waals surface area (Å²) in [5.41, 5.74) is 1.84. The third-order valence-corrected chi connectivity index (χ3v) is 3.82. The second kappa shape index (κ2) is 7.00. The number of nitrogens with zero attached hydrogens (tertiary/aromatic N) is 4. The third-order valence-electron chi connectivity index (χ3n) is 3.59. The molecule has 2 aromatic rings. The number of aromatic nitrogens is 3. The number of morpholine rings is 1. The Morgan fingerprint density at radius 1 is 1.32 bits per heavy atom. The lowest BCUT2D eigenvalue weighted by atomic mass is 10.2. The number of anilines is 1. The van der Waals surface area contributed by atoms with Crippen molar-refractivity contribution < 1.29 is 4.74 Å². The molecule has 0 spiro atoms. The molecule has 1 aliphatic rings. The van der Waals surface area contributed by atoms with Gasteiger partial charge in [-0.15, -0.1) is 0 Å². The predicted octanol–water partition coefficient (Wildman–Crippen LogP) is 2.14. The zero-order valence-corrected chi connectivity index (χ0v) is 13.1. The van der Waals surface area contributed by atoms with Gasteiger partial charge in [0.25, 0.3) is 0 Å². The molecule has 7 heteroatoms. The minimum Gasteiger partial charge on any atom is -0.372 e. The normalized spacial score (nSPS) is 19.1. The van der Waals surface area contributed by atoms with Gasteiger partial charge in [0, 0.05) is 45.3 Å². The number of hydrogen-bond donors (Lipinski definition) is 1. The largest absolute Gasteiger partial charge is 0.372 e. The Balaban J connectivity index is 1.70. The molecule has 3 rings (SSSR count). The van der Waals surface area contributed by atoms with Gasteiger partial charge in [0.2, 0.25) is 0 Å². The van der Waals surface area contributed by atoms with Crippen molar-refractivity contribution in [3.63, 3.8) is 0 Å². The Kier molecular flexibility index (Phi) is 4.82. The zero-order chi connectivity index (χ0) is 15.4. The fourth-order valence-corrected chi connectivity index (χ4v) is 2.63. The van der Waals surface area contributed by atoms with Crippen LogP contribution in [0.5, 0.6) is 0 Å². The lowest BCUT2D eigenvalue weighted by molar-refractivity contribution is -0.0351. The van der Waals surface area contributed by atoms with E-state index in [1.54, 1.807) is 18.6 Å². The number of rotatable bonds is 4. The Hall–Kier alpha value is -1.76. The fraction of sp³-hybridized carbons (Fsp3) is 0.400. The molecule has 6 nitrogen and oxygen atoms in total. The van der Waals surface area contributed by atoms with Crippen molar-refractivity contribution in [2.24, 2.45) is 0 Å². The number of hydrogen-bond acceptors (Lipinski definition) is 6. The Labute approximate surface area is 134 Å². The fourth-order valence-electron chi connectivity index (χ4n) is 2.52. The van der Waals surface area contributed by atoms with Gasteiger partial charge in [0.15, 0.2) is 0 Å². The average Bonchev–Trinajstić information content (AvgIpc) is 2.57. The van der Waals surface area contributed by atoms with E-state index in [1.165, 1.54) is 0 Å². The molecule has 2 aromatic heterocycles. The summed E-state index contributed by atoms with van der Waals surface area (Å²) in [4.78, 5) is 15.4. The van der Waals surface area contributed by atoms with Crippen molar-refractivity contribution in [2.45, 2.75) is 12.6 Å². The highest BCUT2D eigenvalue weighted by atomic mass is 35.5. The summed E-state index contributed by atoms with van der Waals surface area (Å²) in [6.07, 6.45) is 4.96. The van der Waals surface area contributed by atoms with Gasteiger partial charge in [-0.25, -0.2) is 4.98 Å². The third kappa shape index (κ3) is 3.52. The predicted molar refractivity (Wildman–Crippen MR) is 84.8 cm³/mol. The van der Waals surface area contributed by atoms with Crippen LogP contribution in [0.15, 0.2) is 30.7 Å². The molecule has 0 radical (unpaired) electrons. The van der Waals surface area contributed by atoms with Gasteiger partial charge < -0.3 is 10.1 Å². The summed E-state index contributed by atoms with van der Waals surface area (Å²) in [5, 5.41) is 3.72. The van der Waals surface area contributed by atoms with Crippen molar-refractivity contribution in [3.05, 3.63) is 47.1 Å². The highest BCUT2D eigenvalue weighted by molar-refractivity contribution is 6.30. The van der Waals surface area contributed by atoms with Gasteiger partial charge in [-0.3, -0.25) is 14.9 Å². The van der Waals surface area contributed by atoms with E-state index in [0.29, 0.717) is 11.6 Å². The minimum absolute atomic E-state index is 0.0859. The van der Waals surface area contributed by atoms with Gasteiger partial charge in [0.1, 0.15) is 17.6 Å². The van der Waals surface area contributed by atoms with Crippen LogP contribution in [0.3, 0.4) is 0 Å². The molecule has 1 aliphatic heterocycles. The van der Waals surface area contributed by atoms with Crippen molar-refractivity contribution in [2.75, 3.05) is 32.1 Å². The maximum atomic E-state index is 5.87. The second-order valence-corrected chi connectivity index (χ2v) is 5.54. The molecule has 116 valence electrons. The molecule has 1 atom stereocenters. The van der Waals surface area contributed by atoms with Crippen LogP contribution in [0.4, 0.5) is 5.82 Å². The number of ether oxygens (including phenoxy) is 1. The summed E-state index contributed by atoms with van der Waals surface area (Å²) >= 11 is 5.87. The molecular formula is C15H18ClN5O. The zero-order valence-electron chi connectivity index (χ0n) is 12.4. The van der Waals surface area contributed by atoms with E-state index in [4.69, 9.17) is 16.3 Å². The highest BCUT2D eigenvalue weighted by Gasteiger charge is 2.25. The van der Waals surface area contributed by atoms with E-state index >= 15 is 0 Å². The van der Waals surface area contributed by atoms with Gasteiger partial charge in [0.05, 0.1) is 17.3 Å². The summed E-state index contributed by atoms with van der Waals surface area (Å²) in [6.45, 7) is 3.07. The van der Waals surface area contributed by atoms with Crippen molar-refractivity contribution in [3.8, 4) is 0 Å². The number of pyridine rings is 1. The topological polar surface area (TPSA) is 63.2 Å². The van der Waals surface area contributed by atoms with E-state index in [1.807, 2.05) is 19.2 Å². The van der Waals surface area contributed by atoms with Crippen LogP contribution in [-0.2, 0) is 11.3 Å². The lowest BCUT2D eigenvalue weighted by Crippen LogP contribution is -2.38. The van der Waals surface area contributed by atoms with Crippen molar-refractivity contribution in [1.29, 1.82) is 0 Å². The van der Waals surface area contributed by atoms with E-state index in [-0.39, 0.29) is 6.10 Å². The summed E-state index contributed by atoms with van der Waals surface area (Å²) in [7, 11) is 1.84. The Bertz CT molecular complexity index is 622. The molecule has 3 heterocycles. The van der Waals surface area contributed by atoms with Gasteiger partial charge in [-0.05, 0) is 12.1 Å². The van der Waals surface area contributed by atoms with Crippen LogP contribution in [0.2, 0.25) is 5.02 Å². The first-order valence-electron chi connectivity index (χ1n) is 7.19. The van der Waals surface area contributed by atoms with Crippen molar-refractivity contribution >= 4 is 17.4 Å². The first kappa shape index (κ1) is 15.1. The van der Waals surface area contributed by atoms with Crippen LogP contribution in [0.25, 0.3) is 0 Å². The highest BCUT2D eigenvalue weighted by Crippen LogP contribution is 2.25. The molecule has 0 aliphatic carbocycles. The Morgan fingerprint density at radius 2 is 2.18 bits per heavy atom. The SMILES string of the molecule is CNc1nccnc1C1CN(Cc2ccc(Cl)cn2)CCO1. The first-order chi connectivity index (χ1) is 10.8. The van der Waals surface area contributed by atoms with Gasteiger partial charge in [-0.1, -0.05) is 11.6 Å². The smallest absolute Gasteiger partial charge is 0.150 e. The van der Waals surface area contributed by atoms with Gasteiger partial charge in [-0.2, -0.15) is 0 Å². The quantitative estimate of drug-likeness (QED) is 0.931. The molecule has 0 amide bonds. The van der Waals surface area contributed by atoms with Crippen LogP contribution in [0.1, 0.15) is 17.5 Å². The molecule has 0 bridgehead atoms.